The lowest BCUT2D eigenvalue weighted by atomic mass is 9.88. The van der Waals surface area contributed by atoms with Gasteiger partial charge >= 0.3 is 0 Å². The largest absolute Gasteiger partial charge is 0.388 e. The fourth-order valence-electron chi connectivity index (χ4n) is 5.78. The average Bonchev–Trinajstić information content (AvgIpc) is 2.89. The number of fused-ring (bicyclic) bond motifs is 1. The Balaban J connectivity index is 1.40. The van der Waals surface area contributed by atoms with Crippen molar-refractivity contribution in [3.05, 3.63) is 42.2 Å². The number of pyridine rings is 1. The number of benzene rings is 1. The Morgan fingerprint density at radius 3 is 2.58 bits per heavy atom. The molecule has 2 fully saturated rings. The molecule has 2 N–H and O–H groups in total. The summed E-state index contributed by atoms with van der Waals surface area (Å²) in [4.78, 5) is 17.4. The smallest absolute Gasteiger partial charge is 0.227 e. The minimum Gasteiger partial charge on any atom is -0.388 e. The van der Waals surface area contributed by atoms with Crippen molar-refractivity contribution >= 4 is 43.9 Å². The number of sulfone groups is 1. The summed E-state index contributed by atoms with van der Waals surface area (Å²) in [5, 5.41) is 15.6. The van der Waals surface area contributed by atoms with E-state index in [1.807, 2.05) is 12.3 Å². The molecule has 0 unspecified atom stereocenters. The summed E-state index contributed by atoms with van der Waals surface area (Å²) in [5.74, 6) is 1.98. The Morgan fingerprint density at radius 2 is 1.93 bits per heavy atom. The molecule has 2 aliphatic heterocycles. The summed E-state index contributed by atoms with van der Waals surface area (Å²) >= 11 is 0. The van der Waals surface area contributed by atoms with Gasteiger partial charge in [0.05, 0.1) is 12.3 Å². The molecule has 0 bridgehead atoms. The number of halogens is 1. The maximum atomic E-state index is 14.5. The molecule has 0 spiro atoms. The summed E-state index contributed by atoms with van der Waals surface area (Å²) < 4.78 is 43.3. The average molecular weight is 573 g/mol. The number of ether oxygens (including phenoxy) is 1. The number of hydrogen-bond acceptors (Lipinski definition) is 10. The highest BCUT2D eigenvalue weighted by molar-refractivity contribution is 7.90. The van der Waals surface area contributed by atoms with Gasteiger partial charge in [-0.25, -0.2) is 22.8 Å². The molecule has 216 valence electrons. The van der Waals surface area contributed by atoms with E-state index in [-0.39, 0.29) is 36.7 Å². The number of methoxy groups -OCH3 is 1. The minimum absolute atomic E-state index is 0.0216. The van der Waals surface area contributed by atoms with Gasteiger partial charge in [-0.05, 0) is 42.0 Å². The molecule has 4 heterocycles. The summed E-state index contributed by atoms with van der Waals surface area (Å²) in [6, 6.07) is 8.06. The van der Waals surface area contributed by atoms with Crippen LogP contribution in [-0.4, -0.2) is 91.7 Å². The van der Waals surface area contributed by atoms with Crippen LogP contribution in [0.4, 0.5) is 27.7 Å². The molecule has 1 aromatic carbocycles. The fourth-order valence-corrected chi connectivity index (χ4v) is 6.95. The first-order valence-electron chi connectivity index (χ1n) is 13.5. The van der Waals surface area contributed by atoms with Crippen LogP contribution >= 0.6 is 0 Å². The van der Waals surface area contributed by atoms with Crippen molar-refractivity contribution in [2.24, 2.45) is 5.92 Å². The van der Waals surface area contributed by atoms with Crippen molar-refractivity contribution in [1.82, 2.24) is 15.0 Å². The number of β-amino-alcohol motifs (C(OH)–C–C–N with tert-alkyl or cyclic N) is 1. The lowest BCUT2D eigenvalue weighted by Crippen LogP contribution is -2.57. The second-order valence-corrected chi connectivity index (χ2v) is 13.4. The lowest BCUT2D eigenvalue weighted by Gasteiger charge is -2.48. The molecule has 3 aromatic rings. The van der Waals surface area contributed by atoms with Crippen molar-refractivity contribution in [3.8, 4) is 0 Å². The first-order valence-corrected chi connectivity index (χ1v) is 15.6. The van der Waals surface area contributed by atoms with Gasteiger partial charge in [0.15, 0.2) is 0 Å². The summed E-state index contributed by atoms with van der Waals surface area (Å²) in [5.41, 5.74) is 2.22. The van der Waals surface area contributed by atoms with Crippen molar-refractivity contribution in [2.75, 3.05) is 53.9 Å². The zero-order chi connectivity index (χ0) is 28.8. The number of hydrogen-bond donors (Lipinski definition) is 2. The van der Waals surface area contributed by atoms with E-state index >= 15 is 0 Å². The Morgan fingerprint density at radius 1 is 1.15 bits per heavy atom. The predicted octanol–water partition coefficient (Wildman–Crippen LogP) is 3.30. The molecule has 2 aliphatic rings. The second kappa shape index (κ2) is 11.1. The van der Waals surface area contributed by atoms with Crippen molar-refractivity contribution in [3.63, 3.8) is 0 Å². The highest BCUT2D eigenvalue weighted by Crippen LogP contribution is 2.39. The molecule has 10 nitrogen and oxygen atoms in total. The van der Waals surface area contributed by atoms with Gasteiger partial charge in [-0.2, -0.15) is 4.98 Å². The number of rotatable bonds is 8. The van der Waals surface area contributed by atoms with Crippen LogP contribution in [0.15, 0.2) is 36.7 Å². The van der Waals surface area contributed by atoms with Gasteiger partial charge in [-0.3, -0.25) is 0 Å². The summed E-state index contributed by atoms with van der Waals surface area (Å²) in [6.45, 7) is 7.23. The number of nitrogens with zero attached hydrogens (tertiary/aromatic N) is 5. The predicted molar refractivity (Wildman–Crippen MR) is 155 cm³/mol. The molecule has 5 atom stereocenters. The minimum atomic E-state index is -3.04. The van der Waals surface area contributed by atoms with Gasteiger partial charge in [0.1, 0.15) is 39.9 Å². The maximum absolute atomic E-state index is 14.5. The molecular formula is C28H37FN6O4S. The number of aromatic nitrogens is 3. The van der Waals surface area contributed by atoms with E-state index < -0.39 is 28.2 Å². The Hall–Kier alpha value is -3.09. The van der Waals surface area contributed by atoms with Gasteiger partial charge in [0.25, 0.3) is 0 Å². The SMILES string of the molecule is CO[C@@H]1[C@H](O)CN(c2nccc(Nc3cc4c(C(C)C)ccc(N5C[C@H](CS(C)(=O)=O)[C@H]5C)c4cn3)n2)C[C@@H]1F. The number of nitrogens with one attached hydrogen (secondary N) is 1. The van der Waals surface area contributed by atoms with E-state index in [0.717, 1.165) is 16.5 Å². The van der Waals surface area contributed by atoms with Crippen LogP contribution in [0.1, 0.15) is 32.3 Å². The first-order chi connectivity index (χ1) is 18.9. The van der Waals surface area contributed by atoms with E-state index in [1.165, 1.54) is 18.9 Å². The summed E-state index contributed by atoms with van der Waals surface area (Å²) in [7, 11) is -1.65. The van der Waals surface area contributed by atoms with Gasteiger partial charge in [0, 0.05) is 61.9 Å². The van der Waals surface area contributed by atoms with Crippen LogP contribution in [0.5, 0.6) is 0 Å². The van der Waals surface area contributed by atoms with E-state index in [0.29, 0.717) is 24.1 Å². The van der Waals surface area contributed by atoms with Crippen molar-refractivity contribution in [1.29, 1.82) is 0 Å². The third kappa shape index (κ3) is 5.70. The quantitative estimate of drug-likeness (QED) is 0.416. The number of piperidine rings is 1. The third-order valence-corrected chi connectivity index (χ3v) is 8.99. The van der Waals surface area contributed by atoms with Gasteiger partial charge in [-0.15, -0.1) is 0 Å². The molecule has 2 aromatic heterocycles. The second-order valence-electron chi connectivity index (χ2n) is 11.2. The van der Waals surface area contributed by atoms with Crippen LogP contribution < -0.4 is 15.1 Å². The molecule has 0 radical (unpaired) electrons. The number of alkyl halides is 1. The number of aliphatic hydroxyl groups is 1. The standard InChI is InChI=1S/C28H37FN6O4S/c1-16(2)19-6-7-23(35-12-18(17(35)3)15-40(5,37)38)21-11-31-26(10-20(19)21)32-25-8-9-30-28(33-25)34-13-22(29)27(39-4)24(36)14-34/h6-11,16-18,22,24,27,36H,12-15H2,1-5H3,(H,30,31,32,33)/t17-,18-,22+,24-,27+/m1/s1. The Labute approximate surface area is 234 Å². The molecular weight excluding hydrogens is 535 g/mol. The third-order valence-electron chi connectivity index (χ3n) is 7.96. The topological polar surface area (TPSA) is 121 Å². The van der Waals surface area contributed by atoms with Crippen LogP contribution in [0.2, 0.25) is 0 Å². The maximum Gasteiger partial charge on any atom is 0.227 e. The van der Waals surface area contributed by atoms with Crippen molar-refractivity contribution < 1.29 is 22.7 Å². The Bertz CT molecular complexity index is 1480. The van der Waals surface area contributed by atoms with E-state index in [4.69, 9.17) is 4.74 Å². The van der Waals surface area contributed by atoms with Crippen LogP contribution in [-0.2, 0) is 14.6 Å². The molecule has 5 rings (SSSR count). The molecule has 2 saturated heterocycles. The van der Waals surface area contributed by atoms with E-state index in [2.05, 4.69) is 58.1 Å². The van der Waals surface area contributed by atoms with E-state index in [1.54, 1.807) is 17.2 Å². The first kappa shape index (κ1) is 28.4. The van der Waals surface area contributed by atoms with Crippen LogP contribution in [0, 0.1) is 5.92 Å². The molecule has 12 heteroatoms. The molecule has 0 aliphatic carbocycles. The van der Waals surface area contributed by atoms with Gasteiger partial charge < -0.3 is 25.0 Å². The van der Waals surface area contributed by atoms with E-state index in [9.17, 15) is 17.9 Å². The monoisotopic (exact) mass is 572 g/mol. The van der Waals surface area contributed by atoms with Crippen LogP contribution in [0.3, 0.4) is 0 Å². The Kier molecular flexibility index (Phi) is 7.86. The molecule has 0 amide bonds. The van der Waals surface area contributed by atoms with Crippen molar-refractivity contribution in [2.45, 2.75) is 51.1 Å². The van der Waals surface area contributed by atoms with Gasteiger partial charge in [-0.1, -0.05) is 19.9 Å². The number of aliphatic hydroxyl groups excluding tert-OH is 1. The lowest BCUT2D eigenvalue weighted by molar-refractivity contribution is -0.0627. The highest BCUT2D eigenvalue weighted by Gasteiger charge is 2.39. The zero-order valence-corrected chi connectivity index (χ0v) is 24.3. The van der Waals surface area contributed by atoms with Gasteiger partial charge in [0.2, 0.25) is 5.95 Å². The highest BCUT2D eigenvalue weighted by atomic mass is 32.2. The zero-order valence-electron chi connectivity index (χ0n) is 23.5. The fraction of sp³-hybridized carbons (Fsp3) is 0.536. The summed E-state index contributed by atoms with van der Waals surface area (Å²) in [6.07, 6.45) is 1.50. The normalized spacial score (nSPS) is 25.4. The molecule has 0 saturated carbocycles. The van der Waals surface area contributed by atoms with Crippen LogP contribution in [0.25, 0.3) is 10.8 Å². The molecule has 40 heavy (non-hydrogen) atoms. The number of anilines is 4.